The van der Waals surface area contributed by atoms with E-state index in [0.717, 1.165) is 19.3 Å². The fourth-order valence-electron chi connectivity index (χ4n) is 4.06. The van der Waals surface area contributed by atoms with E-state index >= 15 is 0 Å². The van der Waals surface area contributed by atoms with Crippen molar-refractivity contribution in [3.8, 4) is 0 Å². The molecule has 0 saturated carbocycles. The molecule has 0 aliphatic carbocycles. The number of para-hydroxylation sites is 1. The number of anilines is 1. The van der Waals surface area contributed by atoms with Gasteiger partial charge in [-0.2, -0.15) is 0 Å². The Balaban J connectivity index is 1.87. The van der Waals surface area contributed by atoms with Crippen molar-refractivity contribution in [2.24, 2.45) is 5.92 Å². The van der Waals surface area contributed by atoms with Gasteiger partial charge in [-0.15, -0.1) is 0 Å². The van der Waals surface area contributed by atoms with Gasteiger partial charge in [0.2, 0.25) is 5.91 Å². The van der Waals surface area contributed by atoms with Crippen molar-refractivity contribution in [3.05, 3.63) is 56.5 Å². The van der Waals surface area contributed by atoms with Gasteiger partial charge in [-0.05, 0) is 30.9 Å². The number of fused-ring (bicyclic) bond motifs is 1. The van der Waals surface area contributed by atoms with Gasteiger partial charge in [0.15, 0.2) is 11.2 Å². The largest absolute Gasteiger partial charge is 0.352 e. The van der Waals surface area contributed by atoms with E-state index in [1.807, 2.05) is 32.3 Å². The van der Waals surface area contributed by atoms with E-state index in [9.17, 15) is 19.2 Å². The van der Waals surface area contributed by atoms with E-state index in [2.05, 4.69) is 20.6 Å². The zero-order valence-corrected chi connectivity index (χ0v) is 21.5. The van der Waals surface area contributed by atoms with Gasteiger partial charge in [-0.1, -0.05) is 46.2 Å². The second kappa shape index (κ2) is 12.3. The van der Waals surface area contributed by atoms with Crippen LogP contribution >= 0.6 is 0 Å². The van der Waals surface area contributed by atoms with Gasteiger partial charge < -0.3 is 15.2 Å². The fourth-order valence-corrected chi connectivity index (χ4v) is 4.06. The molecule has 10 nitrogen and oxygen atoms in total. The summed E-state index contributed by atoms with van der Waals surface area (Å²) in [5, 5.41) is 5.66. The molecule has 0 atom stereocenters. The van der Waals surface area contributed by atoms with E-state index in [0.29, 0.717) is 47.9 Å². The van der Waals surface area contributed by atoms with Crippen LogP contribution in [0.25, 0.3) is 11.2 Å². The quantitative estimate of drug-likeness (QED) is 0.355. The summed E-state index contributed by atoms with van der Waals surface area (Å²) in [5.41, 5.74) is 0.601. The number of carbonyl (C=O) groups excluding carboxylic acids is 2. The minimum Gasteiger partial charge on any atom is -0.352 e. The number of hydrogen-bond donors (Lipinski definition) is 3. The Morgan fingerprint density at radius 3 is 2.53 bits per heavy atom. The number of aromatic nitrogens is 4. The minimum atomic E-state index is -0.475. The lowest BCUT2D eigenvalue weighted by molar-refractivity contribution is -0.116. The van der Waals surface area contributed by atoms with Crippen molar-refractivity contribution < 1.29 is 9.59 Å². The summed E-state index contributed by atoms with van der Waals surface area (Å²) in [7, 11) is 0. The smallest absolute Gasteiger partial charge is 0.330 e. The van der Waals surface area contributed by atoms with Crippen LogP contribution in [0, 0.1) is 5.92 Å². The molecule has 0 radical (unpaired) electrons. The SMILES string of the molecule is CCCCn1c(=O)[nH]c(=O)c2c1nc(CCC(=O)Nc1ccccc1C(=O)NCCC)n2CC(C)C. The first-order chi connectivity index (χ1) is 17.3. The minimum absolute atomic E-state index is 0.101. The number of carbonyl (C=O) groups is 2. The third kappa shape index (κ3) is 6.30. The van der Waals surface area contributed by atoms with E-state index in [1.54, 1.807) is 24.3 Å². The Morgan fingerprint density at radius 1 is 1.08 bits per heavy atom. The molecule has 3 aromatic rings. The van der Waals surface area contributed by atoms with Gasteiger partial charge >= 0.3 is 5.69 Å². The molecule has 0 aliphatic heterocycles. The number of amides is 2. The van der Waals surface area contributed by atoms with Gasteiger partial charge in [-0.25, -0.2) is 9.78 Å². The molecule has 36 heavy (non-hydrogen) atoms. The van der Waals surface area contributed by atoms with Crippen LogP contribution in [-0.4, -0.2) is 37.5 Å². The lowest BCUT2D eigenvalue weighted by Gasteiger charge is -2.13. The molecule has 0 spiro atoms. The van der Waals surface area contributed by atoms with Crippen molar-refractivity contribution in [2.75, 3.05) is 11.9 Å². The number of rotatable bonds is 12. The second-order valence-corrected chi connectivity index (χ2v) is 9.32. The zero-order valence-electron chi connectivity index (χ0n) is 21.5. The fraction of sp³-hybridized carbons (Fsp3) is 0.500. The third-order valence-corrected chi connectivity index (χ3v) is 5.80. The van der Waals surface area contributed by atoms with Gasteiger partial charge in [0.05, 0.1) is 11.3 Å². The van der Waals surface area contributed by atoms with Crippen LogP contribution < -0.4 is 21.9 Å². The van der Waals surface area contributed by atoms with Crippen LogP contribution in [0.2, 0.25) is 0 Å². The lowest BCUT2D eigenvalue weighted by Crippen LogP contribution is -2.31. The number of nitrogens with one attached hydrogen (secondary N) is 3. The van der Waals surface area contributed by atoms with Crippen LogP contribution in [0.4, 0.5) is 5.69 Å². The first kappa shape index (κ1) is 26.9. The van der Waals surface area contributed by atoms with Gasteiger partial charge in [0.25, 0.3) is 11.5 Å². The molecule has 3 rings (SSSR count). The monoisotopic (exact) mass is 496 g/mol. The molecule has 1 aromatic carbocycles. The van der Waals surface area contributed by atoms with Crippen molar-refractivity contribution in [1.29, 1.82) is 0 Å². The highest BCUT2D eigenvalue weighted by atomic mass is 16.2. The first-order valence-corrected chi connectivity index (χ1v) is 12.7. The summed E-state index contributed by atoms with van der Waals surface area (Å²) in [6.07, 6.45) is 2.86. The number of H-pyrrole nitrogens is 1. The number of aryl methyl sites for hydroxylation is 2. The molecule has 3 N–H and O–H groups in total. The van der Waals surface area contributed by atoms with Crippen molar-refractivity contribution in [1.82, 2.24) is 24.4 Å². The maximum Gasteiger partial charge on any atom is 0.330 e. The maximum absolute atomic E-state index is 12.8. The number of unbranched alkanes of at least 4 members (excludes halogenated alkanes) is 1. The Labute approximate surface area is 210 Å². The predicted octanol–water partition coefficient (Wildman–Crippen LogP) is 3.05. The molecule has 10 heteroatoms. The average molecular weight is 497 g/mol. The van der Waals surface area contributed by atoms with E-state index in [1.165, 1.54) is 4.57 Å². The summed E-state index contributed by atoms with van der Waals surface area (Å²) in [4.78, 5) is 57.6. The molecule has 0 unspecified atom stereocenters. The van der Waals surface area contributed by atoms with Gasteiger partial charge in [0.1, 0.15) is 5.82 Å². The number of aromatic amines is 1. The number of benzene rings is 1. The van der Waals surface area contributed by atoms with E-state index in [-0.39, 0.29) is 30.6 Å². The number of nitrogens with zero attached hydrogens (tertiary/aromatic N) is 3. The number of hydrogen-bond acceptors (Lipinski definition) is 5. The number of imidazole rings is 1. The second-order valence-electron chi connectivity index (χ2n) is 9.32. The zero-order chi connectivity index (χ0) is 26.2. The average Bonchev–Trinajstić information content (AvgIpc) is 3.19. The standard InChI is InChI=1S/C26H36N6O4/c1-5-7-15-31-23-22(25(35)30-26(31)36)32(16-17(3)4)20(29-23)12-13-21(33)28-19-11-9-8-10-18(19)24(34)27-14-6-2/h8-11,17H,5-7,12-16H2,1-4H3,(H,27,34)(H,28,33)(H,30,35,36). The maximum atomic E-state index is 12.8. The Morgan fingerprint density at radius 2 is 1.83 bits per heavy atom. The Hall–Kier alpha value is -3.69. The first-order valence-electron chi connectivity index (χ1n) is 12.7. The Bertz CT molecular complexity index is 1330. The molecule has 194 valence electrons. The molecule has 0 fully saturated rings. The van der Waals surface area contributed by atoms with Crippen molar-refractivity contribution in [3.63, 3.8) is 0 Å². The highest BCUT2D eigenvalue weighted by Crippen LogP contribution is 2.18. The molecule has 2 amide bonds. The molecule has 0 aliphatic rings. The molecule has 2 aromatic heterocycles. The Kier molecular flexibility index (Phi) is 9.21. The van der Waals surface area contributed by atoms with E-state index < -0.39 is 11.2 Å². The normalized spacial score (nSPS) is 11.2. The van der Waals surface area contributed by atoms with Crippen molar-refractivity contribution in [2.45, 2.75) is 72.9 Å². The highest BCUT2D eigenvalue weighted by Gasteiger charge is 2.20. The summed E-state index contributed by atoms with van der Waals surface area (Å²) < 4.78 is 3.33. The third-order valence-electron chi connectivity index (χ3n) is 5.80. The topological polar surface area (TPSA) is 131 Å². The molecular weight excluding hydrogens is 460 g/mol. The molecule has 0 saturated heterocycles. The van der Waals surface area contributed by atoms with Gasteiger partial charge in [0, 0.05) is 32.5 Å². The van der Waals surface area contributed by atoms with Crippen LogP contribution in [0.1, 0.15) is 69.6 Å². The lowest BCUT2D eigenvalue weighted by atomic mass is 10.1. The van der Waals surface area contributed by atoms with Crippen LogP contribution in [0.15, 0.2) is 33.9 Å². The summed E-state index contributed by atoms with van der Waals surface area (Å²) in [5.74, 6) is 0.282. The van der Waals surface area contributed by atoms with E-state index in [4.69, 9.17) is 0 Å². The molecular formula is C26H36N6O4. The van der Waals surface area contributed by atoms with Crippen LogP contribution in [0.3, 0.4) is 0 Å². The summed E-state index contributed by atoms with van der Waals surface area (Å²) in [6, 6.07) is 6.87. The molecule has 0 bridgehead atoms. The van der Waals surface area contributed by atoms with Crippen molar-refractivity contribution >= 4 is 28.7 Å². The predicted molar refractivity (Wildman–Crippen MR) is 140 cm³/mol. The van der Waals surface area contributed by atoms with Crippen LogP contribution in [0.5, 0.6) is 0 Å². The van der Waals surface area contributed by atoms with Gasteiger partial charge in [-0.3, -0.25) is 23.9 Å². The molecule has 2 heterocycles. The summed E-state index contributed by atoms with van der Waals surface area (Å²) >= 11 is 0. The summed E-state index contributed by atoms with van der Waals surface area (Å²) in [6.45, 7) is 9.60. The highest BCUT2D eigenvalue weighted by molar-refractivity contribution is 6.03. The van der Waals surface area contributed by atoms with Crippen LogP contribution in [-0.2, 0) is 24.3 Å².